The molecule has 0 atom stereocenters. The van der Waals surface area contributed by atoms with E-state index in [0.29, 0.717) is 27.8 Å². The standard InChI is InChI=1S/C18H18BrNO3/c1-5-13-15(18(22)23-4)9-16(19)20-17(13)14-8-12(11(3)21)7-6-10(14)2/h6-9H,5H2,1-4H3. The van der Waals surface area contributed by atoms with Crippen LogP contribution >= 0.6 is 15.9 Å². The molecule has 0 fully saturated rings. The van der Waals surface area contributed by atoms with Crippen molar-refractivity contribution in [1.29, 1.82) is 0 Å². The molecule has 0 amide bonds. The van der Waals surface area contributed by atoms with Gasteiger partial charge in [0.15, 0.2) is 5.78 Å². The van der Waals surface area contributed by atoms with Gasteiger partial charge >= 0.3 is 5.97 Å². The second-order valence-corrected chi connectivity index (χ2v) is 6.06. The number of Topliss-reactive ketones (excluding diaryl/α,β-unsaturated/α-hetero) is 1. The lowest BCUT2D eigenvalue weighted by Gasteiger charge is -2.15. The summed E-state index contributed by atoms with van der Waals surface area (Å²) in [6, 6.07) is 7.18. The van der Waals surface area contributed by atoms with E-state index in [4.69, 9.17) is 4.74 Å². The highest BCUT2D eigenvalue weighted by atomic mass is 79.9. The minimum atomic E-state index is -0.397. The molecule has 0 saturated carbocycles. The van der Waals surface area contributed by atoms with E-state index in [9.17, 15) is 9.59 Å². The molecule has 2 rings (SSSR count). The van der Waals surface area contributed by atoms with Gasteiger partial charge in [0.2, 0.25) is 0 Å². The Morgan fingerprint density at radius 2 is 1.96 bits per heavy atom. The van der Waals surface area contributed by atoms with Crippen LogP contribution in [0.1, 0.15) is 45.7 Å². The molecule has 2 aromatic rings. The first-order valence-corrected chi connectivity index (χ1v) is 8.08. The number of ketones is 1. The fourth-order valence-electron chi connectivity index (χ4n) is 2.51. The molecule has 0 unspecified atom stereocenters. The molecule has 4 nitrogen and oxygen atoms in total. The van der Waals surface area contributed by atoms with Crippen molar-refractivity contribution in [3.63, 3.8) is 0 Å². The Hall–Kier alpha value is -2.01. The zero-order valence-electron chi connectivity index (χ0n) is 13.6. The smallest absolute Gasteiger partial charge is 0.338 e. The topological polar surface area (TPSA) is 56.3 Å². The van der Waals surface area contributed by atoms with Crippen molar-refractivity contribution in [1.82, 2.24) is 4.98 Å². The third-order valence-electron chi connectivity index (χ3n) is 3.75. The van der Waals surface area contributed by atoms with Crippen LogP contribution in [0, 0.1) is 6.92 Å². The Bertz CT molecular complexity index is 784. The van der Waals surface area contributed by atoms with Gasteiger partial charge in [0, 0.05) is 11.1 Å². The van der Waals surface area contributed by atoms with E-state index >= 15 is 0 Å². The average molecular weight is 376 g/mol. The number of aryl methyl sites for hydroxylation is 1. The van der Waals surface area contributed by atoms with Gasteiger partial charge in [-0.05, 0) is 59.5 Å². The summed E-state index contributed by atoms with van der Waals surface area (Å²) in [7, 11) is 1.36. The Labute approximate surface area is 144 Å². The number of hydrogen-bond acceptors (Lipinski definition) is 4. The molecule has 0 saturated heterocycles. The van der Waals surface area contributed by atoms with E-state index in [2.05, 4.69) is 20.9 Å². The van der Waals surface area contributed by atoms with Crippen LogP contribution in [0.15, 0.2) is 28.9 Å². The van der Waals surface area contributed by atoms with Crippen LogP contribution in [-0.4, -0.2) is 23.8 Å². The summed E-state index contributed by atoms with van der Waals surface area (Å²) in [5.41, 5.74) is 4.45. The molecule has 0 aliphatic heterocycles. The third-order valence-corrected chi connectivity index (χ3v) is 4.16. The van der Waals surface area contributed by atoms with Crippen molar-refractivity contribution >= 4 is 27.7 Å². The highest BCUT2D eigenvalue weighted by Crippen LogP contribution is 2.31. The highest BCUT2D eigenvalue weighted by molar-refractivity contribution is 9.10. The molecule has 1 aromatic carbocycles. The largest absolute Gasteiger partial charge is 0.465 e. The molecule has 0 N–H and O–H groups in total. The number of halogens is 1. The van der Waals surface area contributed by atoms with Gasteiger partial charge < -0.3 is 4.74 Å². The first kappa shape index (κ1) is 17.3. The van der Waals surface area contributed by atoms with Crippen LogP contribution in [0.25, 0.3) is 11.3 Å². The first-order valence-electron chi connectivity index (χ1n) is 7.28. The van der Waals surface area contributed by atoms with Gasteiger partial charge in [-0.2, -0.15) is 0 Å². The minimum absolute atomic E-state index is 0.00696. The molecule has 1 aromatic heterocycles. The Kier molecular flexibility index (Phi) is 5.31. The van der Waals surface area contributed by atoms with Crippen LogP contribution in [0.5, 0.6) is 0 Å². The molecule has 1 heterocycles. The fraction of sp³-hybridized carbons (Fsp3) is 0.278. The van der Waals surface area contributed by atoms with Gasteiger partial charge in [-0.1, -0.05) is 19.1 Å². The molecule has 0 aliphatic rings. The van der Waals surface area contributed by atoms with Crippen LogP contribution in [-0.2, 0) is 11.2 Å². The maximum Gasteiger partial charge on any atom is 0.338 e. The third kappa shape index (κ3) is 3.50. The summed E-state index contributed by atoms with van der Waals surface area (Å²) >= 11 is 3.36. The van der Waals surface area contributed by atoms with E-state index in [1.54, 1.807) is 12.1 Å². The van der Waals surface area contributed by atoms with Gasteiger partial charge in [-0.15, -0.1) is 0 Å². The summed E-state index contributed by atoms with van der Waals surface area (Å²) in [5.74, 6) is -0.404. The Morgan fingerprint density at radius 3 is 2.52 bits per heavy atom. The van der Waals surface area contributed by atoms with Gasteiger partial charge in [-0.3, -0.25) is 4.79 Å². The lowest BCUT2D eigenvalue weighted by Crippen LogP contribution is -2.09. The van der Waals surface area contributed by atoms with E-state index in [1.165, 1.54) is 14.0 Å². The predicted octanol–water partition coefficient (Wildman–Crippen LogP) is 4.37. The van der Waals surface area contributed by atoms with Crippen LogP contribution < -0.4 is 0 Å². The van der Waals surface area contributed by atoms with Crippen LogP contribution in [0.4, 0.5) is 0 Å². The fourth-order valence-corrected chi connectivity index (χ4v) is 2.92. The molecule has 0 aliphatic carbocycles. The Morgan fingerprint density at radius 1 is 1.26 bits per heavy atom. The average Bonchev–Trinajstić information content (AvgIpc) is 2.53. The summed E-state index contributed by atoms with van der Waals surface area (Å²) in [4.78, 5) is 28.3. The normalized spacial score (nSPS) is 10.5. The first-order chi connectivity index (χ1) is 10.9. The van der Waals surface area contributed by atoms with E-state index in [-0.39, 0.29) is 5.78 Å². The number of benzene rings is 1. The molecule has 0 spiro atoms. The monoisotopic (exact) mass is 375 g/mol. The zero-order chi connectivity index (χ0) is 17.1. The number of esters is 1. The van der Waals surface area contributed by atoms with Crippen LogP contribution in [0.2, 0.25) is 0 Å². The molecule has 23 heavy (non-hydrogen) atoms. The molecule has 5 heteroatoms. The number of carbonyl (C=O) groups is 2. The summed E-state index contributed by atoms with van der Waals surface area (Å²) in [6.07, 6.45) is 0.629. The second kappa shape index (κ2) is 7.04. The minimum Gasteiger partial charge on any atom is -0.465 e. The summed E-state index contributed by atoms with van der Waals surface area (Å²) < 4.78 is 5.43. The second-order valence-electron chi connectivity index (χ2n) is 5.25. The van der Waals surface area contributed by atoms with Crippen LogP contribution in [0.3, 0.4) is 0 Å². The number of pyridine rings is 1. The maximum atomic E-state index is 12.1. The SMILES string of the molecule is CCc1c(C(=O)OC)cc(Br)nc1-c1cc(C(C)=O)ccc1C. The van der Waals surface area contributed by atoms with Crippen molar-refractivity contribution < 1.29 is 14.3 Å². The highest BCUT2D eigenvalue weighted by Gasteiger charge is 2.19. The maximum absolute atomic E-state index is 12.1. The van der Waals surface area contributed by atoms with Crippen molar-refractivity contribution in [3.8, 4) is 11.3 Å². The Balaban J connectivity index is 2.77. The summed E-state index contributed by atoms with van der Waals surface area (Å²) in [5, 5.41) is 0. The van der Waals surface area contributed by atoms with Gasteiger partial charge in [-0.25, -0.2) is 9.78 Å². The van der Waals surface area contributed by atoms with E-state index < -0.39 is 5.97 Å². The van der Waals surface area contributed by atoms with Gasteiger partial charge in [0.1, 0.15) is 4.60 Å². The number of rotatable bonds is 4. The number of methoxy groups -OCH3 is 1. The zero-order valence-corrected chi connectivity index (χ0v) is 15.2. The number of nitrogens with zero attached hydrogens (tertiary/aromatic N) is 1. The molecule has 120 valence electrons. The van der Waals surface area contributed by atoms with Crippen molar-refractivity contribution in [3.05, 3.63) is 51.1 Å². The quantitative estimate of drug-likeness (QED) is 0.452. The van der Waals surface area contributed by atoms with Gasteiger partial charge in [0.25, 0.3) is 0 Å². The lowest BCUT2D eigenvalue weighted by molar-refractivity contribution is 0.0599. The van der Waals surface area contributed by atoms with Crippen molar-refractivity contribution in [2.75, 3.05) is 7.11 Å². The predicted molar refractivity (Wildman–Crippen MR) is 92.8 cm³/mol. The number of aromatic nitrogens is 1. The molecule has 0 radical (unpaired) electrons. The molecular weight excluding hydrogens is 358 g/mol. The molecule has 0 bridgehead atoms. The van der Waals surface area contributed by atoms with Crippen molar-refractivity contribution in [2.24, 2.45) is 0 Å². The number of hydrogen-bond donors (Lipinski definition) is 0. The molecular formula is C18H18BrNO3. The number of carbonyl (C=O) groups excluding carboxylic acids is 2. The van der Waals surface area contributed by atoms with Crippen molar-refractivity contribution in [2.45, 2.75) is 27.2 Å². The van der Waals surface area contributed by atoms with E-state index in [1.807, 2.05) is 26.0 Å². The lowest BCUT2D eigenvalue weighted by atomic mass is 9.94. The summed E-state index contributed by atoms with van der Waals surface area (Å²) in [6.45, 7) is 5.45. The number of ether oxygens (including phenoxy) is 1. The van der Waals surface area contributed by atoms with E-state index in [0.717, 1.165) is 16.7 Å². The van der Waals surface area contributed by atoms with Gasteiger partial charge in [0.05, 0.1) is 18.4 Å².